The number of alkyl halides is 23. The highest BCUT2D eigenvalue weighted by Gasteiger charge is 2.96. The lowest BCUT2D eigenvalue weighted by Crippen LogP contribution is -2.74. The lowest BCUT2D eigenvalue weighted by molar-refractivity contribution is -0.458. The van der Waals surface area contributed by atoms with Crippen molar-refractivity contribution in [2.24, 2.45) is 0 Å². The van der Waals surface area contributed by atoms with E-state index in [1.54, 1.807) is 18.2 Å². The summed E-state index contributed by atoms with van der Waals surface area (Å²) in [6.07, 6.45) is -16.8. The molecule has 3 rings (SSSR count). The predicted octanol–water partition coefficient (Wildman–Crippen LogP) is 12.2. The van der Waals surface area contributed by atoms with Crippen molar-refractivity contribution in [3.63, 3.8) is 0 Å². The lowest BCUT2D eigenvalue weighted by Gasteiger charge is -2.42. The smallest absolute Gasteiger partial charge is 0.281 e. The van der Waals surface area contributed by atoms with Gasteiger partial charge in [0.05, 0.1) is 11.1 Å². The van der Waals surface area contributed by atoms with Crippen LogP contribution in [0, 0.1) is 0 Å². The van der Waals surface area contributed by atoms with E-state index in [1.165, 1.54) is 24.3 Å². The molecule has 0 aliphatic heterocycles. The van der Waals surface area contributed by atoms with Gasteiger partial charge >= 0.3 is 69.4 Å². The maximum Gasteiger partial charge on any atom is 0.460 e. The largest absolute Gasteiger partial charge is 0.460 e. The van der Waals surface area contributed by atoms with Crippen LogP contribution < -0.4 is 0 Å². The van der Waals surface area contributed by atoms with Gasteiger partial charge in [0.25, 0.3) is 0 Å². The summed E-state index contributed by atoms with van der Waals surface area (Å²) < 4.78 is 319. The number of thiol groups is 1. The lowest BCUT2D eigenvalue weighted by atomic mass is 9.91. The Morgan fingerprint density at radius 1 is 0.429 bits per heavy atom. The molecule has 316 valence electrons. The molecule has 0 saturated heterocycles. The Balaban J connectivity index is 0.000000387. The minimum atomic E-state index is -8.89. The minimum Gasteiger partial charge on any atom is -0.281 e. The molecule has 3 nitrogen and oxygen atoms in total. The molecule has 0 spiro atoms. The minimum absolute atomic E-state index is 0.489. The molecule has 0 aliphatic carbocycles. The summed E-state index contributed by atoms with van der Waals surface area (Å²) in [6.45, 7) is 0. The van der Waals surface area contributed by atoms with Gasteiger partial charge in [0.1, 0.15) is 0 Å². The van der Waals surface area contributed by atoms with Gasteiger partial charge in [-0.3, -0.25) is 4.55 Å². The van der Waals surface area contributed by atoms with Crippen LogP contribution in [-0.4, -0.2) is 59.9 Å². The molecule has 28 heteroatoms. The predicted molar refractivity (Wildman–Crippen MR) is 147 cm³/mol. The van der Waals surface area contributed by atoms with Gasteiger partial charge in [-0.2, -0.15) is 109 Å². The third-order valence-electron chi connectivity index (χ3n) is 7.08. The summed E-state index contributed by atoms with van der Waals surface area (Å²) in [4.78, 5) is 0.507. The maximum absolute atomic E-state index is 13.0. The highest BCUT2D eigenvalue weighted by atomic mass is 32.2. The molecule has 0 unspecified atom stereocenters. The number of rotatable bonds is 9. The second kappa shape index (κ2) is 14.6. The maximum atomic E-state index is 13.0. The monoisotopic (exact) mass is 898 g/mol. The third kappa shape index (κ3) is 8.18. The molecule has 0 saturated carbocycles. The first-order valence-corrected chi connectivity index (χ1v) is 15.3. The van der Waals surface area contributed by atoms with Crippen molar-refractivity contribution in [1.29, 1.82) is 0 Å². The van der Waals surface area contributed by atoms with E-state index in [-0.39, 0.29) is 0 Å². The van der Waals surface area contributed by atoms with Gasteiger partial charge in [0, 0.05) is 10.5 Å². The first-order chi connectivity index (χ1) is 24.6. The summed E-state index contributed by atoms with van der Waals surface area (Å²) in [5, 5.41) is -7.84. The molecule has 56 heavy (non-hydrogen) atoms. The van der Waals surface area contributed by atoms with Crippen LogP contribution in [0.15, 0.2) is 71.6 Å². The normalized spacial score (nSPS) is 14.7. The second-order valence-electron chi connectivity index (χ2n) is 10.8. The van der Waals surface area contributed by atoms with Crippen LogP contribution in [0.4, 0.5) is 101 Å². The first kappa shape index (κ1) is 48.5. The van der Waals surface area contributed by atoms with Gasteiger partial charge in [-0.15, -0.1) is 12.6 Å². The number of hydrogen-bond acceptors (Lipinski definition) is 3. The Hall–Kier alpha value is -3.69. The first-order valence-electron chi connectivity index (χ1n) is 13.4. The fourth-order valence-corrected chi connectivity index (χ4v) is 4.85. The van der Waals surface area contributed by atoms with Crippen LogP contribution in [0.3, 0.4) is 0 Å². The Kier molecular flexibility index (Phi) is 12.6. The topological polar surface area (TPSA) is 54.4 Å². The van der Waals surface area contributed by atoms with Crippen LogP contribution >= 0.6 is 12.6 Å². The molecule has 3 aromatic carbocycles. The van der Waals surface area contributed by atoms with Crippen LogP contribution in [0.2, 0.25) is 0 Å². The standard InChI is InChI=1S/C20H12F6S.C8HF17O3S/c21-19(22,23)14-8-4-12(5-9-14)16-2-1-3-17(27)18(16)13-6-10-15(11-7-13)20(24,25)26;9-1(10,3(13,14)5(17,18)7(21,22)23)2(11,12)4(15,16)6(19,20)8(24,25)29(26,27)28/h1-11,27H;(H,26,27,28). The van der Waals surface area contributed by atoms with Crippen molar-refractivity contribution < 1.29 is 114 Å². The van der Waals surface area contributed by atoms with Crippen molar-refractivity contribution in [1.82, 2.24) is 0 Å². The van der Waals surface area contributed by atoms with Crippen molar-refractivity contribution in [2.75, 3.05) is 0 Å². The number of benzene rings is 3. The van der Waals surface area contributed by atoms with E-state index < -0.39 is 80.6 Å². The third-order valence-corrected chi connectivity index (χ3v) is 8.36. The fraction of sp³-hybridized carbons (Fsp3) is 0.357. The van der Waals surface area contributed by atoms with Crippen LogP contribution in [0.1, 0.15) is 11.1 Å². The Morgan fingerprint density at radius 3 is 1.07 bits per heavy atom. The zero-order chi connectivity index (χ0) is 44.3. The highest BCUT2D eigenvalue weighted by molar-refractivity contribution is 7.87. The van der Waals surface area contributed by atoms with E-state index >= 15 is 0 Å². The fourth-order valence-electron chi connectivity index (χ4n) is 4.06. The zero-order valence-electron chi connectivity index (χ0n) is 25.7. The SMILES string of the molecule is FC(F)(F)c1ccc(-c2cccc(S)c2-c2ccc(C(F)(F)F)cc2)cc1.O=S(=O)(O)C(F)(F)C(F)(F)C(F)(F)C(F)(F)C(F)(F)C(F)(F)C(F)(F)C(F)(F)F. The van der Waals surface area contributed by atoms with Crippen LogP contribution in [-0.2, 0) is 22.5 Å². The van der Waals surface area contributed by atoms with Crippen LogP contribution in [0.5, 0.6) is 0 Å². The van der Waals surface area contributed by atoms with E-state index in [1.807, 2.05) is 0 Å². The van der Waals surface area contributed by atoms with E-state index in [2.05, 4.69) is 12.6 Å². The highest BCUT2D eigenvalue weighted by Crippen LogP contribution is 2.64. The van der Waals surface area contributed by atoms with Crippen molar-refractivity contribution >= 4 is 22.7 Å². The number of hydrogen-bond donors (Lipinski definition) is 2. The van der Waals surface area contributed by atoms with E-state index in [4.69, 9.17) is 4.55 Å². The average molecular weight is 898 g/mol. The van der Waals surface area contributed by atoms with Gasteiger partial charge < -0.3 is 0 Å². The van der Waals surface area contributed by atoms with Gasteiger partial charge in [0.2, 0.25) is 0 Å². The molecule has 0 fully saturated rings. The molecule has 0 bridgehead atoms. The molecule has 0 aromatic heterocycles. The van der Waals surface area contributed by atoms with Gasteiger partial charge in [-0.1, -0.05) is 36.4 Å². The van der Waals surface area contributed by atoms with Gasteiger partial charge in [-0.25, -0.2) is 0 Å². The Bertz CT molecular complexity index is 1960. The summed E-state index contributed by atoms with van der Waals surface area (Å²) in [7, 11) is -7.89. The van der Waals surface area contributed by atoms with E-state index in [0.717, 1.165) is 24.3 Å². The molecule has 1 N–H and O–H groups in total. The summed E-state index contributed by atoms with van der Waals surface area (Å²) in [6, 6.07) is 14.2. The molecule has 0 aliphatic rings. The molecule has 0 atom stereocenters. The molecule has 0 heterocycles. The van der Waals surface area contributed by atoms with E-state index in [9.17, 15) is 109 Å². The number of halogens is 23. The molecule has 0 radical (unpaired) electrons. The average Bonchev–Trinajstić information content (AvgIpc) is 3.02. The quantitative estimate of drug-likeness (QED) is 0.128. The van der Waals surface area contributed by atoms with Crippen molar-refractivity contribution in [2.45, 2.75) is 64.2 Å². The Labute approximate surface area is 301 Å². The summed E-state index contributed by atoms with van der Waals surface area (Å²) >= 11 is 4.38. The molecule has 3 aromatic rings. The zero-order valence-corrected chi connectivity index (χ0v) is 27.4. The second-order valence-corrected chi connectivity index (χ2v) is 12.7. The summed E-state index contributed by atoms with van der Waals surface area (Å²) in [5.41, 5.74) is 0.575. The van der Waals surface area contributed by atoms with Gasteiger partial charge in [-0.05, 0) is 47.0 Å². The van der Waals surface area contributed by atoms with E-state index in [0.29, 0.717) is 27.1 Å². The van der Waals surface area contributed by atoms with Crippen LogP contribution in [0.25, 0.3) is 22.3 Å². The van der Waals surface area contributed by atoms with Crippen molar-refractivity contribution in [3.8, 4) is 22.3 Å². The molecular weight excluding hydrogens is 885 g/mol. The van der Waals surface area contributed by atoms with Gasteiger partial charge in [0.15, 0.2) is 0 Å². The molecular formula is C28H13F23O3S2. The summed E-state index contributed by atoms with van der Waals surface area (Å²) in [5.74, 6) is -52.0. The Morgan fingerprint density at radius 2 is 0.750 bits per heavy atom. The molecule has 0 amide bonds. The van der Waals surface area contributed by atoms with Crippen molar-refractivity contribution in [3.05, 3.63) is 77.9 Å².